The topological polar surface area (TPSA) is 104 Å². The Morgan fingerprint density at radius 1 is 0.725 bits per heavy atom. The first-order chi connectivity index (χ1) is 24.6. The van der Waals surface area contributed by atoms with Crippen molar-refractivity contribution in [2.24, 2.45) is 0 Å². The van der Waals surface area contributed by atoms with Crippen LogP contribution in [0, 0.1) is 11.6 Å². The molecule has 0 bridgehead atoms. The molecule has 0 aromatic heterocycles. The van der Waals surface area contributed by atoms with Crippen LogP contribution in [-0.4, -0.2) is 49.1 Å². The highest BCUT2D eigenvalue weighted by molar-refractivity contribution is 5.82. The van der Waals surface area contributed by atoms with Gasteiger partial charge in [0.25, 0.3) is 0 Å². The second kappa shape index (κ2) is 18.0. The molecule has 0 saturated carbocycles. The van der Waals surface area contributed by atoms with Gasteiger partial charge in [-0.2, -0.15) is 0 Å². The standard InChI is InChI=1S/C40H44F2N2O7/c1-40(2,3)51-39(46)44-22-35(45)43-21-30-19-31(33(42)20-32(30)41)36-38(49-25-29-17-11-6-12-18-29)37(48-24-28-15-9-5-10-16-28)34(50-36)26-47-23-27-13-7-4-8-14-27/h4-20,34,36-38H,21-26H2,1-3H3,(H,43,45)(H,44,46)/t34-,36+,37?,38-/m1/s1. The number of benzene rings is 4. The van der Waals surface area contributed by atoms with E-state index in [1.54, 1.807) is 20.8 Å². The summed E-state index contributed by atoms with van der Waals surface area (Å²) in [4.78, 5) is 24.5. The Morgan fingerprint density at radius 3 is 1.84 bits per heavy atom. The van der Waals surface area contributed by atoms with E-state index in [9.17, 15) is 9.59 Å². The maximum absolute atomic E-state index is 15.7. The van der Waals surface area contributed by atoms with E-state index >= 15 is 8.78 Å². The van der Waals surface area contributed by atoms with Gasteiger partial charge in [0.05, 0.1) is 26.4 Å². The van der Waals surface area contributed by atoms with Gasteiger partial charge in [0.15, 0.2) is 0 Å². The smallest absolute Gasteiger partial charge is 0.408 e. The van der Waals surface area contributed by atoms with Gasteiger partial charge >= 0.3 is 6.09 Å². The zero-order valence-electron chi connectivity index (χ0n) is 29.0. The van der Waals surface area contributed by atoms with E-state index < -0.39 is 60.2 Å². The molecule has 11 heteroatoms. The molecule has 1 aliphatic rings. The summed E-state index contributed by atoms with van der Waals surface area (Å²) in [5, 5.41) is 4.92. The van der Waals surface area contributed by atoms with Gasteiger partial charge in [-0.15, -0.1) is 0 Å². The number of nitrogens with one attached hydrogen (secondary N) is 2. The van der Waals surface area contributed by atoms with Crippen LogP contribution in [0.3, 0.4) is 0 Å². The van der Waals surface area contributed by atoms with Gasteiger partial charge in [0, 0.05) is 23.7 Å². The second-order valence-electron chi connectivity index (χ2n) is 13.2. The summed E-state index contributed by atoms with van der Waals surface area (Å²) in [6.07, 6.45) is -3.96. The van der Waals surface area contributed by atoms with Crippen molar-refractivity contribution >= 4 is 12.0 Å². The summed E-state index contributed by atoms with van der Waals surface area (Å²) in [6, 6.07) is 30.9. The third kappa shape index (κ3) is 11.4. The molecule has 1 fully saturated rings. The minimum absolute atomic E-state index is 0.0213. The lowest BCUT2D eigenvalue weighted by Gasteiger charge is -2.26. The summed E-state index contributed by atoms with van der Waals surface area (Å²) >= 11 is 0. The Morgan fingerprint density at radius 2 is 1.27 bits per heavy atom. The predicted molar refractivity (Wildman–Crippen MR) is 186 cm³/mol. The first-order valence-electron chi connectivity index (χ1n) is 16.9. The molecule has 4 aromatic rings. The summed E-state index contributed by atoms with van der Waals surface area (Å²) < 4.78 is 61.6. The molecule has 1 unspecified atom stereocenters. The van der Waals surface area contributed by atoms with Crippen molar-refractivity contribution in [1.29, 1.82) is 0 Å². The van der Waals surface area contributed by atoms with Gasteiger partial charge in [0.1, 0.15) is 48.2 Å². The van der Waals surface area contributed by atoms with Crippen LogP contribution in [0.2, 0.25) is 0 Å². The molecule has 2 amide bonds. The van der Waals surface area contributed by atoms with Gasteiger partial charge in [-0.05, 0) is 43.5 Å². The van der Waals surface area contributed by atoms with Crippen LogP contribution in [0.25, 0.3) is 0 Å². The lowest BCUT2D eigenvalue weighted by atomic mass is 9.98. The molecule has 2 N–H and O–H groups in total. The number of alkyl carbamates (subject to hydrolysis) is 1. The zero-order chi connectivity index (χ0) is 36.2. The van der Waals surface area contributed by atoms with Crippen LogP contribution in [-0.2, 0) is 54.8 Å². The molecule has 51 heavy (non-hydrogen) atoms. The van der Waals surface area contributed by atoms with E-state index in [1.807, 2.05) is 91.0 Å². The Bertz CT molecular complexity index is 1700. The van der Waals surface area contributed by atoms with Gasteiger partial charge in [-0.25, -0.2) is 13.6 Å². The summed E-state index contributed by atoms with van der Waals surface area (Å²) in [5.74, 6) is -2.27. The van der Waals surface area contributed by atoms with E-state index in [2.05, 4.69) is 10.6 Å². The number of hydrogen-bond acceptors (Lipinski definition) is 7. The molecular weight excluding hydrogens is 658 g/mol. The van der Waals surface area contributed by atoms with Crippen molar-refractivity contribution in [3.63, 3.8) is 0 Å². The van der Waals surface area contributed by atoms with Gasteiger partial charge in [-0.3, -0.25) is 4.79 Å². The van der Waals surface area contributed by atoms with Crippen molar-refractivity contribution in [3.8, 4) is 0 Å². The predicted octanol–water partition coefficient (Wildman–Crippen LogP) is 6.93. The summed E-state index contributed by atoms with van der Waals surface area (Å²) in [5.41, 5.74) is 2.13. The van der Waals surface area contributed by atoms with Crippen molar-refractivity contribution in [1.82, 2.24) is 10.6 Å². The molecule has 4 aromatic carbocycles. The van der Waals surface area contributed by atoms with Gasteiger partial charge < -0.3 is 34.3 Å². The summed E-state index contributed by atoms with van der Waals surface area (Å²) in [7, 11) is 0. The first kappa shape index (κ1) is 37.6. The molecule has 270 valence electrons. The lowest BCUT2D eigenvalue weighted by Crippen LogP contribution is -2.39. The Hall–Kier alpha value is -4.68. The monoisotopic (exact) mass is 702 g/mol. The second-order valence-corrected chi connectivity index (χ2v) is 13.2. The Labute approximate surface area is 297 Å². The van der Waals surface area contributed by atoms with E-state index in [-0.39, 0.29) is 37.5 Å². The average molecular weight is 703 g/mol. The maximum atomic E-state index is 15.7. The SMILES string of the molecule is CC(C)(C)OC(=O)NCC(=O)NCc1cc([C@@H]2O[C@H](COCc3ccccc3)C(OCc3ccccc3)[C@@H]2OCc2ccccc2)c(F)cc1F. The van der Waals surface area contributed by atoms with Crippen LogP contribution in [0.5, 0.6) is 0 Å². The third-order valence-corrected chi connectivity index (χ3v) is 8.01. The molecular formula is C40H44F2N2O7. The molecule has 1 saturated heterocycles. The van der Waals surface area contributed by atoms with Crippen LogP contribution >= 0.6 is 0 Å². The molecule has 0 aliphatic carbocycles. The highest BCUT2D eigenvalue weighted by Crippen LogP contribution is 2.40. The highest BCUT2D eigenvalue weighted by atomic mass is 19.1. The van der Waals surface area contributed by atoms with Crippen molar-refractivity contribution in [2.75, 3.05) is 13.2 Å². The normalized spacial score (nSPS) is 18.7. The number of ether oxygens (including phenoxy) is 5. The fourth-order valence-corrected chi connectivity index (χ4v) is 5.59. The minimum atomic E-state index is -1.01. The lowest BCUT2D eigenvalue weighted by molar-refractivity contribution is -0.120. The highest BCUT2D eigenvalue weighted by Gasteiger charge is 2.48. The zero-order valence-corrected chi connectivity index (χ0v) is 29.0. The van der Waals surface area contributed by atoms with E-state index in [4.69, 9.17) is 23.7 Å². The molecule has 9 nitrogen and oxygen atoms in total. The molecule has 0 spiro atoms. The maximum Gasteiger partial charge on any atom is 0.408 e. The fraction of sp³-hybridized carbons (Fsp3) is 0.350. The summed E-state index contributed by atoms with van der Waals surface area (Å²) in [6.45, 7) is 5.30. The van der Waals surface area contributed by atoms with Crippen molar-refractivity contribution < 1.29 is 42.1 Å². The molecule has 5 rings (SSSR count). The largest absolute Gasteiger partial charge is 0.444 e. The molecule has 1 aliphatic heterocycles. The first-order valence-corrected chi connectivity index (χ1v) is 16.9. The third-order valence-electron chi connectivity index (χ3n) is 8.01. The van der Waals surface area contributed by atoms with E-state index in [0.717, 1.165) is 22.8 Å². The van der Waals surface area contributed by atoms with E-state index in [1.165, 1.54) is 6.07 Å². The van der Waals surface area contributed by atoms with Gasteiger partial charge in [0.2, 0.25) is 5.91 Å². The molecule has 1 heterocycles. The average Bonchev–Trinajstić information content (AvgIpc) is 3.45. The van der Waals surface area contributed by atoms with Crippen LogP contribution in [0.1, 0.15) is 54.7 Å². The number of carbonyl (C=O) groups excluding carboxylic acids is 2. The Kier molecular flexibility index (Phi) is 13.3. The Balaban J connectivity index is 1.37. The number of amides is 2. The van der Waals surface area contributed by atoms with E-state index in [0.29, 0.717) is 6.61 Å². The quantitative estimate of drug-likeness (QED) is 0.139. The number of carbonyl (C=O) groups is 2. The van der Waals surface area contributed by atoms with Crippen LogP contribution in [0.15, 0.2) is 103 Å². The number of halogens is 2. The van der Waals surface area contributed by atoms with Crippen molar-refractivity contribution in [3.05, 3.63) is 143 Å². The minimum Gasteiger partial charge on any atom is -0.444 e. The number of rotatable bonds is 15. The molecule has 4 atom stereocenters. The molecule has 0 radical (unpaired) electrons. The fourth-order valence-electron chi connectivity index (χ4n) is 5.59. The van der Waals surface area contributed by atoms with Crippen LogP contribution < -0.4 is 10.6 Å². The van der Waals surface area contributed by atoms with Crippen molar-refractivity contribution in [2.45, 2.75) is 77.2 Å². The van der Waals surface area contributed by atoms with Gasteiger partial charge in [-0.1, -0.05) is 91.0 Å². The number of hydrogen-bond donors (Lipinski definition) is 2. The van der Waals surface area contributed by atoms with Crippen LogP contribution in [0.4, 0.5) is 13.6 Å².